The van der Waals surface area contributed by atoms with Crippen LogP contribution in [0.1, 0.15) is 20.8 Å². The summed E-state index contributed by atoms with van der Waals surface area (Å²) in [7, 11) is 0. The minimum Gasteiger partial charge on any atom is -0.347 e. The Hall–Kier alpha value is -2.53. The molecule has 0 atom stereocenters. The van der Waals surface area contributed by atoms with E-state index in [-0.39, 0.29) is 5.91 Å². The van der Waals surface area contributed by atoms with E-state index in [0.29, 0.717) is 6.54 Å². The molecule has 0 aliphatic carbocycles. The second-order valence-electron chi connectivity index (χ2n) is 4.96. The molecule has 1 N–H and O–H groups in total. The van der Waals surface area contributed by atoms with Gasteiger partial charge in [0.15, 0.2) is 0 Å². The molecule has 0 radical (unpaired) electrons. The molecule has 0 saturated heterocycles. The summed E-state index contributed by atoms with van der Waals surface area (Å²) in [5.41, 5.74) is 3.93. The molecule has 0 unspecified atom stereocenters. The predicted octanol–water partition coefficient (Wildman–Crippen LogP) is 3.44. The average molecular weight is 309 g/mol. The van der Waals surface area contributed by atoms with Crippen LogP contribution in [0.25, 0.3) is 11.3 Å². The number of rotatable bonds is 4. The Morgan fingerprint density at radius 3 is 2.91 bits per heavy atom. The van der Waals surface area contributed by atoms with Gasteiger partial charge >= 0.3 is 0 Å². The topological polar surface area (TPSA) is 54.9 Å². The summed E-state index contributed by atoms with van der Waals surface area (Å²) < 4.78 is 0. The van der Waals surface area contributed by atoms with E-state index in [4.69, 9.17) is 0 Å². The zero-order valence-corrected chi connectivity index (χ0v) is 12.9. The molecule has 4 nitrogen and oxygen atoms in total. The van der Waals surface area contributed by atoms with Gasteiger partial charge in [-0.15, -0.1) is 11.3 Å². The normalized spacial score (nSPS) is 10.4. The van der Waals surface area contributed by atoms with Crippen LogP contribution in [0.2, 0.25) is 0 Å². The molecule has 0 aliphatic heterocycles. The number of hydrogen-bond donors (Lipinski definition) is 1. The predicted molar refractivity (Wildman–Crippen MR) is 87.7 cm³/mol. The fourth-order valence-electron chi connectivity index (χ4n) is 2.08. The van der Waals surface area contributed by atoms with Crippen LogP contribution < -0.4 is 5.32 Å². The molecule has 0 bridgehead atoms. The van der Waals surface area contributed by atoms with Crippen LogP contribution in [0.15, 0.2) is 54.3 Å². The van der Waals surface area contributed by atoms with Gasteiger partial charge in [-0.3, -0.25) is 14.8 Å². The van der Waals surface area contributed by atoms with Gasteiger partial charge in [-0.05, 0) is 53.8 Å². The molecule has 0 aliphatic rings. The van der Waals surface area contributed by atoms with Crippen molar-refractivity contribution >= 4 is 17.2 Å². The molecule has 110 valence electrons. The van der Waals surface area contributed by atoms with E-state index in [1.54, 1.807) is 18.6 Å². The molecule has 5 heteroatoms. The Morgan fingerprint density at radius 2 is 2.18 bits per heavy atom. The van der Waals surface area contributed by atoms with Crippen molar-refractivity contribution in [1.82, 2.24) is 15.3 Å². The van der Waals surface area contributed by atoms with Crippen LogP contribution in [-0.4, -0.2) is 15.9 Å². The minimum absolute atomic E-state index is 0.0437. The molecular weight excluding hydrogens is 294 g/mol. The van der Waals surface area contributed by atoms with E-state index in [0.717, 1.165) is 27.3 Å². The largest absolute Gasteiger partial charge is 0.347 e. The van der Waals surface area contributed by atoms with Crippen molar-refractivity contribution in [2.45, 2.75) is 13.5 Å². The van der Waals surface area contributed by atoms with Crippen LogP contribution in [0.3, 0.4) is 0 Å². The first-order valence-corrected chi connectivity index (χ1v) is 7.79. The summed E-state index contributed by atoms with van der Waals surface area (Å²) in [6, 6.07) is 9.61. The molecule has 0 aromatic carbocycles. The van der Waals surface area contributed by atoms with Gasteiger partial charge in [0, 0.05) is 30.7 Å². The second-order valence-corrected chi connectivity index (χ2v) is 5.87. The van der Waals surface area contributed by atoms with Crippen molar-refractivity contribution in [2.24, 2.45) is 0 Å². The molecule has 22 heavy (non-hydrogen) atoms. The number of pyridine rings is 2. The van der Waals surface area contributed by atoms with Crippen LogP contribution in [-0.2, 0) is 6.54 Å². The van der Waals surface area contributed by atoms with Crippen molar-refractivity contribution in [3.63, 3.8) is 0 Å². The Kier molecular flexibility index (Phi) is 4.25. The van der Waals surface area contributed by atoms with Crippen molar-refractivity contribution in [1.29, 1.82) is 0 Å². The van der Waals surface area contributed by atoms with Gasteiger partial charge in [0.2, 0.25) is 0 Å². The van der Waals surface area contributed by atoms with Gasteiger partial charge in [-0.25, -0.2) is 0 Å². The van der Waals surface area contributed by atoms with Gasteiger partial charge in [0.25, 0.3) is 5.91 Å². The van der Waals surface area contributed by atoms with Crippen LogP contribution in [0.4, 0.5) is 0 Å². The number of aromatic nitrogens is 2. The number of nitrogens with one attached hydrogen (secondary N) is 1. The molecule has 1 amide bonds. The zero-order chi connectivity index (χ0) is 15.4. The van der Waals surface area contributed by atoms with Crippen molar-refractivity contribution < 1.29 is 4.79 Å². The van der Waals surface area contributed by atoms with E-state index < -0.39 is 0 Å². The molecule has 3 heterocycles. The van der Waals surface area contributed by atoms with Crippen LogP contribution in [0.5, 0.6) is 0 Å². The lowest BCUT2D eigenvalue weighted by molar-refractivity contribution is 0.0955. The van der Waals surface area contributed by atoms with Crippen molar-refractivity contribution in [3.05, 3.63) is 70.3 Å². The minimum atomic E-state index is -0.0437. The van der Waals surface area contributed by atoms with E-state index in [1.165, 1.54) is 11.3 Å². The number of hydrogen-bond acceptors (Lipinski definition) is 4. The fourth-order valence-corrected chi connectivity index (χ4v) is 2.89. The van der Waals surface area contributed by atoms with Gasteiger partial charge < -0.3 is 5.32 Å². The van der Waals surface area contributed by atoms with E-state index in [9.17, 15) is 4.79 Å². The summed E-state index contributed by atoms with van der Waals surface area (Å²) in [4.78, 5) is 21.2. The maximum absolute atomic E-state index is 12.1. The summed E-state index contributed by atoms with van der Waals surface area (Å²) in [6.07, 6.45) is 5.26. The Bertz CT molecular complexity index is 783. The third-order valence-electron chi connectivity index (χ3n) is 3.19. The molecule has 0 fully saturated rings. The average Bonchev–Trinajstić information content (AvgIpc) is 3.00. The molecule has 3 aromatic rings. The lowest BCUT2D eigenvalue weighted by atomic mass is 10.1. The maximum Gasteiger partial charge on any atom is 0.261 e. The maximum atomic E-state index is 12.1. The second kappa shape index (κ2) is 6.49. The highest BCUT2D eigenvalue weighted by Gasteiger charge is 2.08. The first-order valence-electron chi connectivity index (χ1n) is 6.91. The Balaban J connectivity index is 1.70. The molecule has 3 aromatic heterocycles. The van der Waals surface area contributed by atoms with Crippen molar-refractivity contribution in [2.75, 3.05) is 0 Å². The SMILES string of the molecule is Cc1csc(C(=O)NCc2ccnc(-c3cccnc3)c2)c1. The standard InChI is InChI=1S/C17H15N3OS/c1-12-7-16(22-11-12)17(21)20-9-13-4-6-19-15(8-13)14-3-2-5-18-10-14/h2-8,10-11H,9H2,1H3,(H,20,21). The number of aryl methyl sites for hydroxylation is 1. The lowest BCUT2D eigenvalue weighted by Gasteiger charge is -2.06. The molecule has 3 rings (SSSR count). The first-order chi connectivity index (χ1) is 10.7. The van der Waals surface area contributed by atoms with Crippen LogP contribution in [0, 0.1) is 6.92 Å². The number of thiophene rings is 1. The Morgan fingerprint density at radius 1 is 1.27 bits per heavy atom. The molecular formula is C17H15N3OS. The smallest absolute Gasteiger partial charge is 0.261 e. The van der Waals surface area contributed by atoms with Gasteiger partial charge in [0.1, 0.15) is 0 Å². The highest BCUT2D eigenvalue weighted by Crippen LogP contribution is 2.17. The Labute approximate surface area is 132 Å². The van der Waals surface area contributed by atoms with Gasteiger partial charge in [0.05, 0.1) is 10.6 Å². The number of amides is 1. The third kappa shape index (κ3) is 3.38. The monoisotopic (exact) mass is 309 g/mol. The molecule has 0 saturated carbocycles. The summed E-state index contributed by atoms with van der Waals surface area (Å²) in [5.74, 6) is -0.0437. The number of carbonyl (C=O) groups is 1. The highest BCUT2D eigenvalue weighted by atomic mass is 32.1. The first kappa shape index (κ1) is 14.4. The van der Waals surface area contributed by atoms with Crippen molar-refractivity contribution in [3.8, 4) is 11.3 Å². The van der Waals surface area contributed by atoms with E-state index in [1.807, 2.05) is 42.6 Å². The van der Waals surface area contributed by atoms with E-state index in [2.05, 4.69) is 15.3 Å². The molecule has 0 spiro atoms. The highest BCUT2D eigenvalue weighted by molar-refractivity contribution is 7.12. The zero-order valence-electron chi connectivity index (χ0n) is 12.1. The summed E-state index contributed by atoms with van der Waals surface area (Å²) in [5, 5.41) is 4.91. The van der Waals surface area contributed by atoms with Gasteiger partial charge in [-0.2, -0.15) is 0 Å². The number of carbonyl (C=O) groups excluding carboxylic acids is 1. The third-order valence-corrected chi connectivity index (χ3v) is 4.24. The summed E-state index contributed by atoms with van der Waals surface area (Å²) >= 11 is 1.46. The quantitative estimate of drug-likeness (QED) is 0.803. The fraction of sp³-hybridized carbons (Fsp3) is 0.118. The van der Waals surface area contributed by atoms with E-state index >= 15 is 0 Å². The summed E-state index contributed by atoms with van der Waals surface area (Å²) in [6.45, 7) is 2.46. The van der Waals surface area contributed by atoms with Crippen LogP contribution >= 0.6 is 11.3 Å². The lowest BCUT2D eigenvalue weighted by Crippen LogP contribution is -2.21. The van der Waals surface area contributed by atoms with Gasteiger partial charge in [-0.1, -0.05) is 0 Å². The number of nitrogens with zero attached hydrogens (tertiary/aromatic N) is 2.